The summed E-state index contributed by atoms with van der Waals surface area (Å²) < 4.78 is 11.4. The van der Waals surface area contributed by atoms with Crippen molar-refractivity contribution in [2.45, 2.75) is 13.3 Å². The predicted molar refractivity (Wildman–Crippen MR) is 84.6 cm³/mol. The standard InChI is InChI=1S/C16H19N3O4/c1-10-15(18-13(19(10)2)9-14(20)23-4)16(21)17-11-5-7-12(22-3)8-6-11/h5-8H,9H2,1-4H3,(H,17,21). The van der Waals surface area contributed by atoms with Gasteiger partial charge in [-0.05, 0) is 31.2 Å². The third-order valence-corrected chi connectivity index (χ3v) is 3.57. The van der Waals surface area contributed by atoms with Gasteiger partial charge in [0.2, 0.25) is 0 Å². The van der Waals surface area contributed by atoms with Gasteiger partial charge in [-0.1, -0.05) is 0 Å². The van der Waals surface area contributed by atoms with Crippen LogP contribution in [0.25, 0.3) is 0 Å². The van der Waals surface area contributed by atoms with E-state index in [1.807, 2.05) is 0 Å². The zero-order valence-electron chi connectivity index (χ0n) is 13.5. The average molecular weight is 317 g/mol. The van der Waals surface area contributed by atoms with E-state index >= 15 is 0 Å². The minimum Gasteiger partial charge on any atom is -0.497 e. The van der Waals surface area contributed by atoms with Gasteiger partial charge >= 0.3 is 5.97 Å². The molecule has 1 N–H and O–H groups in total. The number of imidazole rings is 1. The van der Waals surface area contributed by atoms with E-state index in [9.17, 15) is 9.59 Å². The first-order valence-corrected chi connectivity index (χ1v) is 7.00. The van der Waals surface area contributed by atoms with Crippen molar-refractivity contribution in [3.05, 3.63) is 41.5 Å². The van der Waals surface area contributed by atoms with Gasteiger partial charge in [0.1, 0.15) is 23.7 Å². The fourth-order valence-electron chi connectivity index (χ4n) is 2.08. The Labute approximate surface area is 134 Å². The first-order chi connectivity index (χ1) is 11.0. The van der Waals surface area contributed by atoms with Crippen LogP contribution in [0.15, 0.2) is 24.3 Å². The summed E-state index contributed by atoms with van der Waals surface area (Å²) in [7, 11) is 4.65. The van der Waals surface area contributed by atoms with E-state index in [2.05, 4.69) is 15.0 Å². The fraction of sp³-hybridized carbons (Fsp3) is 0.312. The topological polar surface area (TPSA) is 82.4 Å². The Bertz CT molecular complexity index is 720. The van der Waals surface area contributed by atoms with Crippen LogP contribution in [-0.2, 0) is 23.0 Å². The Morgan fingerprint density at radius 1 is 1.22 bits per heavy atom. The van der Waals surface area contributed by atoms with Crippen molar-refractivity contribution in [1.82, 2.24) is 9.55 Å². The number of nitrogens with zero attached hydrogens (tertiary/aromatic N) is 2. The molecule has 1 aromatic carbocycles. The van der Waals surface area contributed by atoms with Crippen LogP contribution in [0.4, 0.5) is 5.69 Å². The van der Waals surface area contributed by atoms with Gasteiger partial charge in [0.25, 0.3) is 5.91 Å². The molecule has 1 heterocycles. The van der Waals surface area contributed by atoms with Crippen molar-refractivity contribution in [1.29, 1.82) is 0 Å². The van der Waals surface area contributed by atoms with Crippen molar-refractivity contribution in [3.63, 3.8) is 0 Å². The molecule has 2 aromatic rings. The van der Waals surface area contributed by atoms with E-state index in [-0.39, 0.29) is 18.0 Å². The summed E-state index contributed by atoms with van der Waals surface area (Å²) in [6.07, 6.45) is 0.0175. The smallest absolute Gasteiger partial charge is 0.313 e. The van der Waals surface area contributed by atoms with Crippen molar-refractivity contribution in [2.75, 3.05) is 19.5 Å². The number of hydrogen-bond acceptors (Lipinski definition) is 5. The van der Waals surface area contributed by atoms with E-state index in [0.29, 0.717) is 23.0 Å². The fourth-order valence-corrected chi connectivity index (χ4v) is 2.08. The summed E-state index contributed by atoms with van der Waals surface area (Å²) in [6, 6.07) is 6.99. The largest absolute Gasteiger partial charge is 0.497 e. The highest BCUT2D eigenvalue weighted by Crippen LogP contribution is 2.17. The van der Waals surface area contributed by atoms with Gasteiger partial charge in [-0.15, -0.1) is 0 Å². The number of rotatable bonds is 5. The molecule has 0 saturated carbocycles. The van der Waals surface area contributed by atoms with E-state index in [0.717, 1.165) is 0 Å². The number of hydrogen-bond donors (Lipinski definition) is 1. The van der Waals surface area contributed by atoms with Gasteiger partial charge in [0.15, 0.2) is 0 Å². The number of methoxy groups -OCH3 is 2. The van der Waals surface area contributed by atoms with Crippen molar-refractivity contribution < 1.29 is 19.1 Å². The lowest BCUT2D eigenvalue weighted by atomic mass is 10.2. The molecule has 0 aliphatic carbocycles. The predicted octanol–water partition coefficient (Wildman–Crippen LogP) is 1.70. The number of aromatic nitrogens is 2. The number of carbonyl (C=O) groups is 2. The van der Waals surface area contributed by atoms with Crippen LogP contribution < -0.4 is 10.1 Å². The summed E-state index contributed by atoms with van der Waals surface area (Å²) in [4.78, 5) is 28.0. The Hall–Kier alpha value is -2.83. The molecule has 1 amide bonds. The number of carbonyl (C=O) groups excluding carboxylic acids is 2. The Kier molecular flexibility index (Phi) is 5.00. The van der Waals surface area contributed by atoms with Gasteiger partial charge in [0.05, 0.1) is 14.2 Å². The summed E-state index contributed by atoms with van der Waals surface area (Å²) in [5, 5.41) is 2.77. The number of amides is 1. The maximum absolute atomic E-state index is 12.4. The van der Waals surface area contributed by atoms with E-state index in [1.54, 1.807) is 49.9 Å². The Morgan fingerprint density at radius 3 is 2.43 bits per heavy atom. The summed E-state index contributed by atoms with van der Waals surface area (Å²) in [6.45, 7) is 1.77. The monoisotopic (exact) mass is 317 g/mol. The molecule has 7 heteroatoms. The molecule has 0 bridgehead atoms. The second-order valence-corrected chi connectivity index (χ2v) is 4.96. The van der Waals surface area contributed by atoms with Gasteiger partial charge in [-0.25, -0.2) is 4.98 Å². The molecule has 2 rings (SSSR count). The molecule has 0 spiro atoms. The van der Waals surface area contributed by atoms with Crippen LogP contribution in [0.3, 0.4) is 0 Å². The second-order valence-electron chi connectivity index (χ2n) is 4.96. The minimum absolute atomic E-state index is 0.0175. The lowest BCUT2D eigenvalue weighted by Crippen LogP contribution is -2.14. The van der Waals surface area contributed by atoms with Crippen LogP contribution in [0.2, 0.25) is 0 Å². The highest BCUT2D eigenvalue weighted by Gasteiger charge is 2.19. The number of ether oxygens (including phenoxy) is 2. The highest BCUT2D eigenvalue weighted by atomic mass is 16.5. The molecule has 0 fully saturated rings. The molecule has 7 nitrogen and oxygen atoms in total. The second kappa shape index (κ2) is 6.95. The number of anilines is 1. The summed E-state index contributed by atoms with van der Waals surface area (Å²) >= 11 is 0. The maximum Gasteiger partial charge on any atom is 0.313 e. The quantitative estimate of drug-likeness (QED) is 0.849. The lowest BCUT2D eigenvalue weighted by molar-refractivity contribution is -0.139. The third kappa shape index (κ3) is 3.68. The lowest BCUT2D eigenvalue weighted by Gasteiger charge is -2.05. The number of nitrogens with one attached hydrogen (secondary N) is 1. The SMILES string of the molecule is COC(=O)Cc1nc(C(=O)Nc2ccc(OC)cc2)c(C)n1C. The van der Waals surface area contributed by atoms with Gasteiger partial charge in [0, 0.05) is 18.4 Å². The molecule has 0 radical (unpaired) electrons. The van der Waals surface area contributed by atoms with E-state index < -0.39 is 5.97 Å². The first-order valence-electron chi connectivity index (χ1n) is 7.00. The van der Waals surface area contributed by atoms with Gasteiger partial charge in [-0.2, -0.15) is 0 Å². The molecular formula is C16H19N3O4. The molecule has 0 aliphatic heterocycles. The molecule has 23 heavy (non-hydrogen) atoms. The molecule has 0 unspecified atom stereocenters. The van der Waals surface area contributed by atoms with Crippen LogP contribution in [0.1, 0.15) is 22.0 Å². The third-order valence-electron chi connectivity index (χ3n) is 3.57. The molecule has 1 aromatic heterocycles. The van der Waals surface area contributed by atoms with Crippen molar-refractivity contribution in [2.24, 2.45) is 7.05 Å². The average Bonchev–Trinajstić information content (AvgIpc) is 2.84. The highest BCUT2D eigenvalue weighted by molar-refractivity contribution is 6.03. The van der Waals surface area contributed by atoms with Gasteiger partial charge in [-0.3, -0.25) is 9.59 Å². The Morgan fingerprint density at radius 2 is 1.87 bits per heavy atom. The Balaban J connectivity index is 2.18. The summed E-state index contributed by atoms with van der Waals surface area (Å²) in [5.74, 6) is 0.450. The zero-order chi connectivity index (χ0) is 17.0. The van der Waals surface area contributed by atoms with Crippen LogP contribution in [0.5, 0.6) is 5.75 Å². The zero-order valence-corrected chi connectivity index (χ0v) is 13.5. The number of esters is 1. The normalized spacial score (nSPS) is 10.3. The van der Waals surface area contributed by atoms with Crippen molar-refractivity contribution >= 4 is 17.6 Å². The van der Waals surface area contributed by atoms with Crippen LogP contribution in [-0.4, -0.2) is 35.6 Å². The molecular weight excluding hydrogens is 298 g/mol. The van der Waals surface area contributed by atoms with Crippen LogP contribution in [0, 0.1) is 6.92 Å². The summed E-state index contributed by atoms with van der Waals surface area (Å²) in [5.41, 5.74) is 1.59. The number of benzene rings is 1. The molecule has 0 saturated heterocycles. The maximum atomic E-state index is 12.4. The van der Waals surface area contributed by atoms with Gasteiger partial charge < -0.3 is 19.4 Å². The van der Waals surface area contributed by atoms with Crippen molar-refractivity contribution in [3.8, 4) is 5.75 Å². The molecule has 0 atom stereocenters. The molecule has 122 valence electrons. The minimum atomic E-state index is -0.403. The molecule has 0 aliphatic rings. The van der Waals surface area contributed by atoms with E-state index in [4.69, 9.17) is 4.74 Å². The van der Waals surface area contributed by atoms with E-state index in [1.165, 1.54) is 7.11 Å². The van der Waals surface area contributed by atoms with Crippen LogP contribution >= 0.6 is 0 Å². The first kappa shape index (κ1) is 16.5.